The number of amides is 1. The molecule has 0 bridgehead atoms. The van der Waals surface area contributed by atoms with E-state index in [1.807, 2.05) is 44.2 Å². The van der Waals surface area contributed by atoms with Gasteiger partial charge in [0.15, 0.2) is 5.82 Å². The summed E-state index contributed by atoms with van der Waals surface area (Å²) in [4.78, 5) is 21.9. The number of aromatic nitrogens is 2. The zero-order chi connectivity index (χ0) is 20.1. The van der Waals surface area contributed by atoms with Gasteiger partial charge in [-0.2, -0.15) is 0 Å². The van der Waals surface area contributed by atoms with E-state index < -0.39 is 6.04 Å². The van der Waals surface area contributed by atoms with E-state index in [1.165, 1.54) is 0 Å². The van der Waals surface area contributed by atoms with Crippen LogP contribution in [0.1, 0.15) is 25.1 Å². The fourth-order valence-corrected chi connectivity index (χ4v) is 3.04. The Morgan fingerprint density at radius 1 is 1.07 bits per heavy atom. The topological polar surface area (TPSA) is 66.9 Å². The first-order chi connectivity index (χ1) is 13.5. The van der Waals surface area contributed by atoms with Crippen molar-refractivity contribution in [3.05, 3.63) is 70.9 Å². The smallest absolute Gasteiger partial charge is 0.246 e. The second-order valence-electron chi connectivity index (χ2n) is 6.54. The molecule has 3 rings (SSSR count). The molecule has 1 atom stereocenters. The summed E-state index contributed by atoms with van der Waals surface area (Å²) in [6.45, 7) is 5.83. The second-order valence-corrected chi connectivity index (χ2v) is 6.98. The van der Waals surface area contributed by atoms with Crippen LogP contribution in [0.5, 0.6) is 0 Å². The zero-order valence-corrected chi connectivity index (χ0v) is 16.9. The molecule has 0 aliphatic heterocycles. The van der Waals surface area contributed by atoms with Crippen molar-refractivity contribution in [2.45, 2.75) is 33.2 Å². The number of carbonyl (C=O) groups excluding carboxylic acids is 1. The van der Waals surface area contributed by atoms with E-state index in [4.69, 9.17) is 16.6 Å². The minimum atomic E-state index is -0.473. The van der Waals surface area contributed by atoms with E-state index >= 15 is 0 Å². The maximum atomic E-state index is 12.6. The number of anilines is 2. The van der Waals surface area contributed by atoms with Gasteiger partial charge in [0.25, 0.3) is 0 Å². The Kier molecular flexibility index (Phi) is 6.26. The van der Waals surface area contributed by atoms with E-state index in [9.17, 15) is 4.79 Å². The third-order valence-corrected chi connectivity index (χ3v) is 4.71. The van der Waals surface area contributed by atoms with Crippen molar-refractivity contribution >= 4 is 29.0 Å². The van der Waals surface area contributed by atoms with Crippen molar-refractivity contribution in [1.82, 2.24) is 9.97 Å². The summed E-state index contributed by atoms with van der Waals surface area (Å²) in [6, 6.07) is 16.4. The Morgan fingerprint density at radius 3 is 2.39 bits per heavy atom. The van der Waals surface area contributed by atoms with Crippen LogP contribution in [0.3, 0.4) is 0 Å². The van der Waals surface area contributed by atoms with Crippen molar-refractivity contribution in [3.63, 3.8) is 0 Å². The zero-order valence-electron chi connectivity index (χ0n) is 16.2. The van der Waals surface area contributed by atoms with Crippen molar-refractivity contribution < 1.29 is 4.79 Å². The van der Waals surface area contributed by atoms with Crippen LogP contribution >= 0.6 is 11.6 Å². The van der Waals surface area contributed by atoms with Crippen molar-refractivity contribution in [2.24, 2.45) is 0 Å². The molecule has 1 heterocycles. The summed E-state index contributed by atoms with van der Waals surface area (Å²) < 4.78 is 0. The molecule has 2 N–H and O–H groups in total. The van der Waals surface area contributed by atoms with Crippen LogP contribution in [0.4, 0.5) is 11.5 Å². The number of nitrogens with one attached hydrogen (secondary N) is 2. The molecule has 3 aromatic rings. The van der Waals surface area contributed by atoms with Crippen molar-refractivity contribution in [2.75, 3.05) is 10.6 Å². The Balaban J connectivity index is 1.82. The first kappa shape index (κ1) is 19.8. The molecule has 2 aromatic carbocycles. The average molecular weight is 395 g/mol. The Hall–Kier alpha value is -2.92. The number of benzene rings is 2. The third kappa shape index (κ3) is 4.67. The number of carbonyl (C=O) groups is 1. The maximum Gasteiger partial charge on any atom is 0.246 e. The first-order valence-corrected chi connectivity index (χ1v) is 9.61. The van der Waals surface area contributed by atoms with Gasteiger partial charge in [0.05, 0.1) is 0 Å². The molecule has 28 heavy (non-hydrogen) atoms. The van der Waals surface area contributed by atoms with E-state index in [2.05, 4.69) is 22.5 Å². The molecule has 0 saturated heterocycles. The lowest BCUT2D eigenvalue weighted by Crippen LogP contribution is -2.32. The molecule has 1 aromatic heterocycles. The van der Waals surface area contributed by atoms with Gasteiger partial charge in [0.2, 0.25) is 5.91 Å². The van der Waals surface area contributed by atoms with Gasteiger partial charge in [-0.3, -0.25) is 4.79 Å². The van der Waals surface area contributed by atoms with Gasteiger partial charge >= 0.3 is 0 Å². The molecule has 0 aliphatic rings. The lowest BCUT2D eigenvalue weighted by Gasteiger charge is -2.18. The summed E-state index contributed by atoms with van der Waals surface area (Å²) in [5, 5.41) is 6.77. The molecule has 6 heteroatoms. The van der Waals surface area contributed by atoms with E-state index in [0.29, 0.717) is 22.4 Å². The fraction of sp³-hybridized carbons (Fsp3) is 0.227. The Morgan fingerprint density at radius 2 is 1.75 bits per heavy atom. The van der Waals surface area contributed by atoms with Gasteiger partial charge < -0.3 is 10.6 Å². The highest BCUT2D eigenvalue weighted by molar-refractivity contribution is 6.30. The lowest BCUT2D eigenvalue weighted by atomic mass is 10.1. The van der Waals surface area contributed by atoms with Gasteiger partial charge in [-0.25, -0.2) is 9.97 Å². The van der Waals surface area contributed by atoms with Gasteiger partial charge in [0.1, 0.15) is 11.9 Å². The number of hydrogen-bond acceptors (Lipinski definition) is 4. The monoisotopic (exact) mass is 394 g/mol. The highest BCUT2D eigenvalue weighted by Crippen LogP contribution is 2.23. The number of hydrogen-bond donors (Lipinski definition) is 2. The summed E-state index contributed by atoms with van der Waals surface area (Å²) >= 11 is 5.89. The molecule has 1 unspecified atom stereocenters. The molecular weight excluding hydrogens is 372 g/mol. The predicted molar refractivity (Wildman–Crippen MR) is 115 cm³/mol. The number of halogens is 1. The summed E-state index contributed by atoms with van der Waals surface area (Å²) in [5.74, 6) is 1.18. The third-order valence-electron chi connectivity index (χ3n) is 4.46. The van der Waals surface area contributed by atoms with Crippen LogP contribution in [0.15, 0.2) is 54.6 Å². The molecule has 0 saturated carbocycles. The average Bonchev–Trinajstić information content (AvgIpc) is 2.70. The predicted octanol–water partition coefficient (Wildman–Crippen LogP) is 5.11. The number of nitrogens with zero attached hydrogens (tertiary/aromatic N) is 2. The minimum Gasteiger partial charge on any atom is -0.358 e. The van der Waals surface area contributed by atoms with E-state index in [-0.39, 0.29) is 5.91 Å². The normalized spacial score (nSPS) is 11.7. The van der Waals surface area contributed by atoms with E-state index in [0.717, 1.165) is 23.2 Å². The van der Waals surface area contributed by atoms with Crippen LogP contribution < -0.4 is 10.6 Å². The largest absolute Gasteiger partial charge is 0.358 e. The second kappa shape index (κ2) is 8.85. The lowest BCUT2D eigenvalue weighted by molar-refractivity contribution is -0.116. The van der Waals surface area contributed by atoms with Gasteiger partial charge in [-0.1, -0.05) is 48.9 Å². The minimum absolute atomic E-state index is 0.151. The van der Waals surface area contributed by atoms with Crippen LogP contribution in [-0.2, 0) is 11.2 Å². The standard InChI is InChI=1S/C22H23ClN4O/c1-4-19-14(2)24-20(16-8-6-5-7-9-16)27-21(19)25-15(3)22(28)26-18-12-10-17(23)11-13-18/h5-13,15H,4H2,1-3H3,(H,26,28)(H,24,25,27). The molecule has 0 fully saturated rings. The molecular formula is C22H23ClN4O. The highest BCUT2D eigenvalue weighted by atomic mass is 35.5. The molecule has 5 nitrogen and oxygen atoms in total. The van der Waals surface area contributed by atoms with Gasteiger partial charge in [-0.05, 0) is 44.5 Å². The van der Waals surface area contributed by atoms with E-state index in [1.54, 1.807) is 24.3 Å². The van der Waals surface area contributed by atoms with Crippen molar-refractivity contribution in [1.29, 1.82) is 0 Å². The maximum absolute atomic E-state index is 12.6. The number of rotatable bonds is 6. The quantitative estimate of drug-likeness (QED) is 0.609. The molecule has 144 valence electrons. The highest BCUT2D eigenvalue weighted by Gasteiger charge is 2.18. The SMILES string of the molecule is CCc1c(C)nc(-c2ccccc2)nc1NC(C)C(=O)Nc1ccc(Cl)cc1. The molecule has 1 amide bonds. The molecule has 0 spiro atoms. The summed E-state index contributed by atoms with van der Waals surface area (Å²) in [6.07, 6.45) is 0.773. The Labute approximate surface area is 170 Å². The number of aryl methyl sites for hydroxylation is 1. The Bertz CT molecular complexity index is 958. The van der Waals surface area contributed by atoms with Crippen molar-refractivity contribution in [3.8, 4) is 11.4 Å². The van der Waals surface area contributed by atoms with Crippen LogP contribution in [0.2, 0.25) is 5.02 Å². The van der Waals surface area contributed by atoms with Gasteiger partial charge in [-0.15, -0.1) is 0 Å². The van der Waals surface area contributed by atoms with Crippen LogP contribution in [0, 0.1) is 6.92 Å². The van der Waals surface area contributed by atoms with Crippen LogP contribution in [-0.4, -0.2) is 21.9 Å². The summed E-state index contributed by atoms with van der Waals surface area (Å²) in [5.41, 5.74) is 3.55. The molecule has 0 aliphatic carbocycles. The van der Waals surface area contributed by atoms with Gasteiger partial charge in [0, 0.05) is 27.5 Å². The summed E-state index contributed by atoms with van der Waals surface area (Å²) in [7, 11) is 0. The fourth-order valence-electron chi connectivity index (χ4n) is 2.91. The van der Waals surface area contributed by atoms with Crippen LogP contribution in [0.25, 0.3) is 11.4 Å². The molecule has 0 radical (unpaired) electrons. The first-order valence-electron chi connectivity index (χ1n) is 9.23.